The van der Waals surface area contributed by atoms with Gasteiger partial charge < -0.3 is 4.74 Å². The molecule has 3 atom stereocenters. The molecule has 0 aromatic heterocycles. The lowest BCUT2D eigenvalue weighted by molar-refractivity contribution is 0.108. The molecule has 1 aliphatic rings. The first kappa shape index (κ1) is 14.5. The SMILES string of the molecule is Cc1ccc(S(=O)(=O)CC[C@H]2CO[C@H](C)[C@H]2C)cc1. The molecule has 1 fully saturated rings. The van der Waals surface area contributed by atoms with Crippen LogP contribution in [0.25, 0.3) is 0 Å². The third-order valence-electron chi connectivity index (χ3n) is 4.19. The van der Waals surface area contributed by atoms with Crippen molar-refractivity contribution in [3.05, 3.63) is 29.8 Å². The van der Waals surface area contributed by atoms with Crippen LogP contribution in [0.1, 0.15) is 25.8 Å². The lowest BCUT2D eigenvalue weighted by Gasteiger charge is -2.15. The summed E-state index contributed by atoms with van der Waals surface area (Å²) in [6.07, 6.45) is 0.925. The quantitative estimate of drug-likeness (QED) is 0.853. The molecule has 0 unspecified atom stereocenters. The molecule has 0 radical (unpaired) electrons. The van der Waals surface area contributed by atoms with Crippen molar-refractivity contribution in [3.8, 4) is 0 Å². The molecule has 0 bridgehead atoms. The monoisotopic (exact) mass is 282 g/mol. The van der Waals surface area contributed by atoms with Gasteiger partial charge in [0.1, 0.15) is 0 Å². The fraction of sp³-hybridized carbons (Fsp3) is 0.600. The molecule has 0 saturated carbocycles. The van der Waals surface area contributed by atoms with Crippen LogP contribution in [-0.4, -0.2) is 26.9 Å². The maximum Gasteiger partial charge on any atom is 0.178 e. The number of aryl methyl sites for hydroxylation is 1. The molecule has 0 N–H and O–H groups in total. The molecule has 0 spiro atoms. The average Bonchev–Trinajstić information content (AvgIpc) is 2.68. The fourth-order valence-corrected chi connectivity index (χ4v) is 3.88. The van der Waals surface area contributed by atoms with Gasteiger partial charge in [-0.15, -0.1) is 0 Å². The lowest BCUT2D eigenvalue weighted by atomic mass is 9.91. The van der Waals surface area contributed by atoms with Crippen LogP contribution in [0.4, 0.5) is 0 Å². The second kappa shape index (κ2) is 5.63. The van der Waals surface area contributed by atoms with E-state index in [-0.39, 0.29) is 11.9 Å². The first-order valence-electron chi connectivity index (χ1n) is 6.81. The Kier molecular flexibility index (Phi) is 4.31. The van der Waals surface area contributed by atoms with Crippen molar-refractivity contribution in [2.24, 2.45) is 11.8 Å². The van der Waals surface area contributed by atoms with Crippen LogP contribution in [0.3, 0.4) is 0 Å². The topological polar surface area (TPSA) is 43.4 Å². The van der Waals surface area contributed by atoms with Crippen molar-refractivity contribution in [3.63, 3.8) is 0 Å². The zero-order valence-electron chi connectivity index (χ0n) is 11.8. The first-order valence-corrected chi connectivity index (χ1v) is 8.46. The zero-order chi connectivity index (χ0) is 14.0. The van der Waals surface area contributed by atoms with Gasteiger partial charge in [-0.05, 0) is 44.2 Å². The third kappa shape index (κ3) is 3.37. The van der Waals surface area contributed by atoms with Gasteiger partial charge in [0.15, 0.2) is 9.84 Å². The number of rotatable bonds is 4. The predicted molar refractivity (Wildman–Crippen MR) is 75.9 cm³/mol. The Labute approximate surface area is 115 Å². The van der Waals surface area contributed by atoms with Gasteiger partial charge in [-0.2, -0.15) is 0 Å². The van der Waals surface area contributed by atoms with Crippen molar-refractivity contribution in [2.75, 3.05) is 12.4 Å². The Bertz CT molecular complexity index is 519. The van der Waals surface area contributed by atoms with Crippen molar-refractivity contribution < 1.29 is 13.2 Å². The van der Waals surface area contributed by atoms with E-state index in [0.29, 0.717) is 29.8 Å². The largest absolute Gasteiger partial charge is 0.378 e. The van der Waals surface area contributed by atoms with E-state index in [1.165, 1.54) is 0 Å². The standard InChI is InChI=1S/C15H22O3S/c1-11-4-6-15(7-5-11)19(16,17)9-8-14-10-18-13(3)12(14)2/h4-7,12-14H,8-10H2,1-3H3/t12-,13-,14+/m1/s1. The summed E-state index contributed by atoms with van der Waals surface area (Å²) in [6.45, 7) is 6.83. The van der Waals surface area contributed by atoms with Crippen LogP contribution >= 0.6 is 0 Å². The van der Waals surface area contributed by atoms with Crippen LogP contribution in [0, 0.1) is 18.8 Å². The molecule has 0 aliphatic carbocycles. The summed E-state index contributed by atoms with van der Waals surface area (Å²) in [5.74, 6) is 1.00. The van der Waals surface area contributed by atoms with Gasteiger partial charge in [0.05, 0.1) is 23.4 Å². The van der Waals surface area contributed by atoms with Crippen LogP contribution in [-0.2, 0) is 14.6 Å². The maximum atomic E-state index is 12.2. The van der Waals surface area contributed by atoms with Crippen LogP contribution in [0.5, 0.6) is 0 Å². The zero-order valence-corrected chi connectivity index (χ0v) is 12.6. The smallest absolute Gasteiger partial charge is 0.178 e. The highest BCUT2D eigenvalue weighted by Gasteiger charge is 2.31. The maximum absolute atomic E-state index is 12.2. The molecule has 19 heavy (non-hydrogen) atoms. The van der Waals surface area contributed by atoms with Crippen LogP contribution in [0.15, 0.2) is 29.2 Å². The summed E-state index contributed by atoms with van der Waals surface area (Å²) in [4.78, 5) is 0.428. The summed E-state index contributed by atoms with van der Waals surface area (Å²) >= 11 is 0. The second-order valence-electron chi connectivity index (χ2n) is 5.58. The molecule has 4 heteroatoms. The summed E-state index contributed by atoms with van der Waals surface area (Å²) in [5.41, 5.74) is 1.07. The number of ether oxygens (including phenoxy) is 1. The number of hydrogen-bond acceptors (Lipinski definition) is 3. The Balaban J connectivity index is 2.00. The minimum atomic E-state index is -3.16. The van der Waals surface area contributed by atoms with Crippen molar-refractivity contribution in [2.45, 2.75) is 38.2 Å². The van der Waals surface area contributed by atoms with Crippen LogP contribution in [0.2, 0.25) is 0 Å². The highest BCUT2D eigenvalue weighted by Crippen LogP contribution is 2.29. The van der Waals surface area contributed by atoms with E-state index in [4.69, 9.17) is 4.74 Å². The van der Waals surface area contributed by atoms with Gasteiger partial charge in [-0.25, -0.2) is 8.42 Å². The van der Waals surface area contributed by atoms with E-state index >= 15 is 0 Å². The fourth-order valence-electron chi connectivity index (χ4n) is 2.48. The highest BCUT2D eigenvalue weighted by atomic mass is 32.2. The molecule has 1 saturated heterocycles. The molecule has 1 aromatic carbocycles. The van der Waals surface area contributed by atoms with Crippen molar-refractivity contribution in [1.82, 2.24) is 0 Å². The average molecular weight is 282 g/mol. The van der Waals surface area contributed by atoms with Gasteiger partial charge in [0, 0.05) is 0 Å². The van der Waals surface area contributed by atoms with E-state index < -0.39 is 9.84 Å². The van der Waals surface area contributed by atoms with Gasteiger partial charge >= 0.3 is 0 Å². The van der Waals surface area contributed by atoms with Crippen LogP contribution < -0.4 is 0 Å². The van der Waals surface area contributed by atoms with Crippen molar-refractivity contribution >= 4 is 9.84 Å². The highest BCUT2D eigenvalue weighted by molar-refractivity contribution is 7.91. The van der Waals surface area contributed by atoms with Gasteiger partial charge in [-0.3, -0.25) is 0 Å². The Morgan fingerprint density at radius 1 is 1.21 bits per heavy atom. The number of benzene rings is 1. The van der Waals surface area contributed by atoms with E-state index in [0.717, 1.165) is 5.56 Å². The predicted octanol–water partition coefficient (Wildman–Crippen LogP) is 2.83. The molecular weight excluding hydrogens is 260 g/mol. The molecule has 2 rings (SSSR count). The molecule has 1 aromatic rings. The van der Waals surface area contributed by atoms with Gasteiger partial charge in [0.2, 0.25) is 0 Å². The minimum Gasteiger partial charge on any atom is -0.378 e. The summed E-state index contributed by atoms with van der Waals surface area (Å²) in [6, 6.07) is 7.08. The Hall–Kier alpha value is -0.870. The third-order valence-corrected chi connectivity index (χ3v) is 5.96. The van der Waals surface area contributed by atoms with Gasteiger partial charge in [0.25, 0.3) is 0 Å². The molecule has 1 heterocycles. The first-order chi connectivity index (χ1) is 8.90. The Morgan fingerprint density at radius 3 is 2.37 bits per heavy atom. The normalized spacial score (nSPS) is 27.6. The summed E-state index contributed by atoms with van der Waals surface area (Å²) in [5, 5.41) is 0. The minimum absolute atomic E-state index is 0.209. The van der Waals surface area contributed by atoms with E-state index in [2.05, 4.69) is 13.8 Å². The molecular formula is C15H22O3S. The molecule has 3 nitrogen and oxygen atoms in total. The molecule has 0 amide bonds. The van der Waals surface area contributed by atoms with E-state index in [9.17, 15) is 8.42 Å². The van der Waals surface area contributed by atoms with E-state index in [1.54, 1.807) is 12.1 Å². The van der Waals surface area contributed by atoms with Crippen molar-refractivity contribution in [1.29, 1.82) is 0 Å². The summed E-state index contributed by atoms with van der Waals surface area (Å²) < 4.78 is 30.1. The number of hydrogen-bond donors (Lipinski definition) is 0. The van der Waals surface area contributed by atoms with E-state index in [1.807, 2.05) is 19.1 Å². The molecule has 1 aliphatic heterocycles. The number of sulfone groups is 1. The Morgan fingerprint density at radius 2 is 1.84 bits per heavy atom. The second-order valence-corrected chi connectivity index (χ2v) is 7.69. The lowest BCUT2D eigenvalue weighted by Crippen LogP contribution is -2.18. The summed E-state index contributed by atoms with van der Waals surface area (Å²) in [7, 11) is -3.16. The molecule has 106 valence electrons. The van der Waals surface area contributed by atoms with Gasteiger partial charge in [-0.1, -0.05) is 24.6 Å².